The van der Waals surface area contributed by atoms with Gasteiger partial charge in [-0.3, -0.25) is 23.4 Å². The summed E-state index contributed by atoms with van der Waals surface area (Å²) in [6, 6.07) is 0. The number of carbonyl (C=O) groups excluding carboxylic acids is 3. The van der Waals surface area contributed by atoms with Crippen molar-refractivity contribution in [3.05, 3.63) is 97.2 Å². The Balaban J connectivity index is 4.78. The van der Waals surface area contributed by atoms with Gasteiger partial charge in [0.1, 0.15) is 12.7 Å². The van der Waals surface area contributed by atoms with Crippen LogP contribution in [0.2, 0.25) is 0 Å². The van der Waals surface area contributed by atoms with E-state index in [1.54, 1.807) is 6.08 Å². The van der Waals surface area contributed by atoms with Gasteiger partial charge in [0.2, 0.25) is 0 Å². The molecule has 0 aliphatic heterocycles. The molecule has 12 heteroatoms. The van der Waals surface area contributed by atoms with Crippen molar-refractivity contribution in [3.8, 4) is 0 Å². The first-order valence-electron chi connectivity index (χ1n) is 28.1. The van der Waals surface area contributed by atoms with Gasteiger partial charge < -0.3 is 24.2 Å². The summed E-state index contributed by atoms with van der Waals surface area (Å²) in [5.41, 5.74) is 0. The van der Waals surface area contributed by atoms with E-state index in [-0.39, 0.29) is 25.9 Å². The van der Waals surface area contributed by atoms with Gasteiger partial charge >= 0.3 is 25.7 Å². The molecule has 0 aromatic rings. The molecule has 11 nitrogen and oxygen atoms in total. The molecule has 0 bridgehead atoms. The van der Waals surface area contributed by atoms with Crippen molar-refractivity contribution in [2.75, 3.05) is 26.4 Å². The van der Waals surface area contributed by atoms with E-state index in [1.807, 2.05) is 18.2 Å². The number of hydrogen-bond donors (Lipinski definition) is 2. The Labute approximate surface area is 438 Å². The van der Waals surface area contributed by atoms with Gasteiger partial charge in [-0.15, -0.1) is 0 Å². The van der Waals surface area contributed by atoms with Crippen LogP contribution in [0.25, 0.3) is 0 Å². The Hall–Kier alpha value is -3.60. The van der Waals surface area contributed by atoms with E-state index in [2.05, 4.69) is 93.7 Å². The van der Waals surface area contributed by atoms with Crippen LogP contribution in [-0.2, 0) is 42.2 Å². The number of hydrogen-bond acceptors (Lipinski definition) is 10. The number of esters is 3. The molecule has 3 unspecified atom stereocenters. The van der Waals surface area contributed by atoms with Gasteiger partial charge in [-0.05, 0) is 96.3 Å². The van der Waals surface area contributed by atoms with E-state index < -0.39 is 57.8 Å². The highest BCUT2D eigenvalue weighted by molar-refractivity contribution is 7.47. The minimum absolute atomic E-state index is 0.0589. The van der Waals surface area contributed by atoms with Crippen LogP contribution in [0.3, 0.4) is 0 Å². The van der Waals surface area contributed by atoms with Crippen molar-refractivity contribution in [1.82, 2.24) is 0 Å². The Kier molecular flexibility index (Phi) is 51.0. The third-order valence-corrected chi connectivity index (χ3v) is 12.4. The van der Waals surface area contributed by atoms with Gasteiger partial charge in [-0.2, -0.15) is 0 Å². The number of phosphoric ester groups is 1. The normalized spacial score (nSPS) is 14.1. The summed E-state index contributed by atoms with van der Waals surface area (Å²) in [6.45, 7) is 4.33. The molecule has 0 fully saturated rings. The molecular formula is C60H101O11P. The third-order valence-electron chi connectivity index (χ3n) is 11.5. The number of rotatable bonds is 51. The SMILES string of the molecule is CC/C=C\C/C=C\C/C=C\C/C=C\C/C=C\CC(=O)OC(CO)COP(=O)(O)OCC(COC(=O)CCCCCCC/C=C\CCCC)OC(=O)CCCCCCCCCCC/C=C\C/C=C\CCCCC. The largest absolute Gasteiger partial charge is 0.472 e. The average Bonchev–Trinajstić information content (AvgIpc) is 3.37. The van der Waals surface area contributed by atoms with E-state index in [0.717, 1.165) is 96.3 Å². The summed E-state index contributed by atoms with van der Waals surface area (Å²) in [7, 11) is -4.78. The Bertz CT molecular complexity index is 1580. The molecule has 0 heterocycles. The first kappa shape index (κ1) is 68.4. The van der Waals surface area contributed by atoms with Gasteiger partial charge in [0.25, 0.3) is 0 Å². The predicted molar refractivity (Wildman–Crippen MR) is 297 cm³/mol. The lowest BCUT2D eigenvalue weighted by Gasteiger charge is -2.21. The Morgan fingerprint density at radius 3 is 1.28 bits per heavy atom. The molecule has 0 amide bonds. The van der Waals surface area contributed by atoms with Gasteiger partial charge in [-0.25, -0.2) is 4.57 Å². The maximum absolute atomic E-state index is 12.9. The van der Waals surface area contributed by atoms with E-state index >= 15 is 0 Å². The summed E-state index contributed by atoms with van der Waals surface area (Å²) in [5.74, 6) is -1.62. The summed E-state index contributed by atoms with van der Waals surface area (Å²) in [5, 5.41) is 9.78. The standard InChI is InChI=1S/C60H101O11P/c1-4-7-10-13-16-19-22-24-26-27-28-29-31-33-36-39-42-45-48-51-60(64)71-57(53-67-58(62)49-46-43-40-37-34-21-18-15-12-9-6-3)55-69-72(65,66)68-54-56(52-61)70-59(63)50-47-44-41-38-35-32-30-25-23-20-17-14-11-8-5-2/h8,11,15-20,24-26,30,35,38,44,47,56-57,61H,4-7,9-10,12-14,21-23,27-29,31-34,36-37,39-43,45-46,48-55H2,1-3H3,(H,65,66)/b11-8-,18-15-,19-16-,20-17-,26-24-,30-25-,38-35-,47-44-. The van der Waals surface area contributed by atoms with Crippen molar-refractivity contribution in [3.63, 3.8) is 0 Å². The molecule has 0 rings (SSSR count). The second kappa shape index (κ2) is 53.7. The topological polar surface area (TPSA) is 155 Å². The maximum Gasteiger partial charge on any atom is 0.472 e. The second-order valence-electron chi connectivity index (χ2n) is 18.4. The number of aliphatic hydroxyl groups is 1. The molecule has 3 atom stereocenters. The highest BCUT2D eigenvalue weighted by Crippen LogP contribution is 2.43. The fourth-order valence-electron chi connectivity index (χ4n) is 7.21. The van der Waals surface area contributed by atoms with Crippen molar-refractivity contribution in [2.24, 2.45) is 0 Å². The number of ether oxygens (including phenoxy) is 3. The first-order valence-corrected chi connectivity index (χ1v) is 29.6. The van der Waals surface area contributed by atoms with Gasteiger partial charge in [-0.1, -0.05) is 208 Å². The average molecular weight is 1030 g/mol. The zero-order chi connectivity index (χ0) is 52.7. The fourth-order valence-corrected chi connectivity index (χ4v) is 7.99. The van der Waals surface area contributed by atoms with Crippen LogP contribution in [0.5, 0.6) is 0 Å². The number of phosphoric acid groups is 1. The summed E-state index contributed by atoms with van der Waals surface area (Å²) >= 11 is 0. The predicted octanol–water partition coefficient (Wildman–Crippen LogP) is 16.5. The lowest BCUT2D eigenvalue weighted by Crippen LogP contribution is -2.30. The van der Waals surface area contributed by atoms with Gasteiger partial charge in [0.05, 0.1) is 26.2 Å². The molecule has 0 saturated carbocycles. The Morgan fingerprint density at radius 2 is 0.792 bits per heavy atom. The minimum atomic E-state index is -4.78. The molecule has 0 aromatic heterocycles. The van der Waals surface area contributed by atoms with Crippen molar-refractivity contribution in [1.29, 1.82) is 0 Å². The minimum Gasteiger partial charge on any atom is -0.462 e. The van der Waals surface area contributed by atoms with E-state index in [9.17, 15) is 28.9 Å². The van der Waals surface area contributed by atoms with Crippen LogP contribution in [0.15, 0.2) is 97.2 Å². The summed E-state index contributed by atoms with van der Waals surface area (Å²) in [4.78, 5) is 48.4. The summed E-state index contributed by atoms with van der Waals surface area (Å²) < 4.78 is 39.3. The van der Waals surface area contributed by atoms with Gasteiger partial charge in [0, 0.05) is 12.8 Å². The van der Waals surface area contributed by atoms with E-state index in [4.69, 9.17) is 23.3 Å². The van der Waals surface area contributed by atoms with Crippen LogP contribution in [0.1, 0.15) is 226 Å². The van der Waals surface area contributed by atoms with Crippen LogP contribution >= 0.6 is 7.82 Å². The van der Waals surface area contributed by atoms with Crippen molar-refractivity contribution >= 4 is 25.7 Å². The van der Waals surface area contributed by atoms with Crippen LogP contribution in [0, 0.1) is 0 Å². The third kappa shape index (κ3) is 51.3. The number of carbonyl (C=O) groups is 3. The van der Waals surface area contributed by atoms with E-state index in [1.165, 1.54) is 70.6 Å². The zero-order valence-electron chi connectivity index (χ0n) is 45.4. The molecule has 0 radical (unpaired) electrons. The Morgan fingerprint density at radius 1 is 0.417 bits per heavy atom. The fraction of sp³-hybridized carbons (Fsp3) is 0.683. The molecule has 412 valence electrons. The van der Waals surface area contributed by atoms with Crippen LogP contribution in [-0.4, -0.2) is 66.5 Å². The smallest absolute Gasteiger partial charge is 0.462 e. The lowest BCUT2D eigenvalue weighted by atomic mass is 10.1. The highest BCUT2D eigenvalue weighted by atomic mass is 31.2. The highest BCUT2D eigenvalue weighted by Gasteiger charge is 2.28. The zero-order valence-corrected chi connectivity index (χ0v) is 46.3. The number of aliphatic hydroxyl groups excluding tert-OH is 1. The van der Waals surface area contributed by atoms with E-state index in [0.29, 0.717) is 19.3 Å². The maximum atomic E-state index is 12.9. The van der Waals surface area contributed by atoms with Gasteiger partial charge in [0.15, 0.2) is 6.10 Å². The van der Waals surface area contributed by atoms with Crippen molar-refractivity contribution < 1.29 is 52.2 Å². The molecule has 72 heavy (non-hydrogen) atoms. The van der Waals surface area contributed by atoms with Crippen LogP contribution in [0.4, 0.5) is 0 Å². The molecule has 0 aliphatic carbocycles. The molecular weight excluding hydrogens is 928 g/mol. The molecule has 2 N–H and O–H groups in total. The lowest BCUT2D eigenvalue weighted by molar-refractivity contribution is -0.161. The summed E-state index contributed by atoms with van der Waals surface area (Å²) in [6.07, 6.45) is 62.6. The first-order chi connectivity index (χ1) is 35.2. The van der Waals surface area contributed by atoms with Crippen molar-refractivity contribution in [2.45, 2.75) is 238 Å². The molecule has 0 aromatic carbocycles. The quantitative estimate of drug-likeness (QED) is 0.0197. The van der Waals surface area contributed by atoms with Crippen LogP contribution < -0.4 is 0 Å². The number of unbranched alkanes of at least 4 members (excludes halogenated alkanes) is 19. The molecule has 0 aliphatic rings. The monoisotopic (exact) mass is 1030 g/mol. The number of allylic oxidation sites excluding steroid dienone is 15. The molecule has 0 saturated heterocycles. The molecule has 0 spiro atoms. The second-order valence-corrected chi connectivity index (χ2v) is 19.8.